The van der Waals surface area contributed by atoms with Gasteiger partial charge in [0.25, 0.3) is 0 Å². The van der Waals surface area contributed by atoms with Gasteiger partial charge >= 0.3 is 0 Å². The van der Waals surface area contributed by atoms with E-state index in [1.807, 2.05) is 6.92 Å². The molecule has 1 aromatic heterocycles. The lowest BCUT2D eigenvalue weighted by molar-refractivity contribution is 0.575. The molecular formula is C9H6BrFO. The van der Waals surface area contributed by atoms with E-state index >= 15 is 0 Å². The van der Waals surface area contributed by atoms with Gasteiger partial charge in [-0.3, -0.25) is 0 Å². The van der Waals surface area contributed by atoms with E-state index in [1.54, 1.807) is 6.07 Å². The molecule has 0 aliphatic carbocycles. The molecule has 0 radical (unpaired) electrons. The average Bonchev–Trinajstić information content (AvgIpc) is 2.28. The smallest absolute Gasteiger partial charge is 0.173 e. The summed E-state index contributed by atoms with van der Waals surface area (Å²) in [6.07, 6.45) is 0. The Kier molecular flexibility index (Phi) is 1.68. The molecule has 0 aliphatic heterocycles. The van der Waals surface area contributed by atoms with Crippen LogP contribution in [0.2, 0.25) is 0 Å². The summed E-state index contributed by atoms with van der Waals surface area (Å²) in [5.41, 5.74) is 1.59. The van der Waals surface area contributed by atoms with Crippen molar-refractivity contribution in [1.82, 2.24) is 0 Å². The van der Waals surface area contributed by atoms with Crippen molar-refractivity contribution in [3.8, 4) is 0 Å². The van der Waals surface area contributed by atoms with Crippen LogP contribution in [0.3, 0.4) is 0 Å². The van der Waals surface area contributed by atoms with Crippen LogP contribution in [0.15, 0.2) is 27.3 Å². The van der Waals surface area contributed by atoms with Crippen LogP contribution in [0.5, 0.6) is 0 Å². The molecule has 0 atom stereocenters. The molecule has 0 N–H and O–H groups in total. The van der Waals surface area contributed by atoms with Gasteiger partial charge < -0.3 is 4.42 Å². The maximum atomic E-state index is 12.7. The molecule has 62 valence electrons. The third-order valence-corrected chi connectivity index (χ3v) is 2.60. The second-order valence-electron chi connectivity index (χ2n) is 2.64. The number of aryl methyl sites for hydroxylation is 1. The Morgan fingerprint density at radius 3 is 2.92 bits per heavy atom. The van der Waals surface area contributed by atoms with Gasteiger partial charge in [0, 0.05) is 17.0 Å². The molecule has 0 amide bonds. The fraction of sp³-hybridized carbons (Fsp3) is 0.111. The highest BCUT2D eigenvalue weighted by atomic mass is 79.9. The molecule has 2 rings (SSSR count). The van der Waals surface area contributed by atoms with Crippen molar-refractivity contribution in [1.29, 1.82) is 0 Å². The molecule has 0 bridgehead atoms. The van der Waals surface area contributed by atoms with Crippen LogP contribution in [0, 0.1) is 12.7 Å². The van der Waals surface area contributed by atoms with Crippen LogP contribution < -0.4 is 0 Å². The first-order valence-corrected chi connectivity index (χ1v) is 4.32. The van der Waals surface area contributed by atoms with Crippen LogP contribution in [-0.2, 0) is 0 Å². The zero-order valence-electron chi connectivity index (χ0n) is 6.40. The van der Waals surface area contributed by atoms with Crippen molar-refractivity contribution in [3.63, 3.8) is 0 Å². The van der Waals surface area contributed by atoms with E-state index in [0.717, 1.165) is 10.9 Å². The summed E-state index contributed by atoms with van der Waals surface area (Å²) >= 11 is 3.24. The lowest BCUT2D eigenvalue weighted by atomic mass is 10.2. The molecule has 0 unspecified atom stereocenters. The van der Waals surface area contributed by atoms with Gasteiger partial charge in [-0.25, -0.2) is 4.39 Å². The molecule has 12 heavy (non-hydrogen) atoms. The number of fused-ring (bicyclic) bond motifs is 1. The summed E-state index contributed by atoms with van der Waals surface area (Å²) in [5.74, 6) is -0.274. The van der Waals surface area contributed by atoms with Crippen LogP contribution in [0.25, 0.3) is 11.0 Å². The summed E-state index contributed by atoms with van der Waals surface area (Å²) < 4.78 is 18.6. The monoisotopic (exact) mass is 228 g/mol. The summed E-state index contributed by atoms with van der Waals surface area (Å²) in [6, 6.07) is 4.53. The maximum Gasteiger partial charge on any atom is 0.173 e. The summed E-state index contributed by atoms with van der Waals surface area (Å²) in [6.45, 7) is 1.92. The Morgan fingerprint density at radius 1 is 1.42 bits per heavy atom. The first-order valence-electron chi connectivity index (χ1n) is 3.52. The summed E-state index contributed by atoms with van der Waals surface area (Å²) in [7, 11) is 0. The minimum absolute atomic E-state index is 0.274. The third kappa shape index (κ3) is 1.05. The SMILES string of the molecule is Cc1c(Br)oc2cc(F)ccc12. The van der Waals surface area contributed by atoms with Crippen molar-refractivity contribution in [2.75, 3.05) is 0 Å². The molecule has 0 aliphatic rings. The minimum atomic E-state index is -0.274. The van der Waals surface area contributed by atoms with E-state index in [4.69, 9.17) is 4.42 Å². The van der Waals surface area contributed by atoms with Gasteiger partial charge in [0.1, 0.15) is 11.4 Å². The maximum absolute atomic E-state index is 12.7. The lowest BCUT2D eigenvalue weighted by Crippen LogP contribution is -1.71. The van der Waals surface area contributed by atoms with Crippen molar-refractivity contribution in [2.45, 2.75) is 6.92 Å². The third-order valence-electron chi connectivity index (χ3n) is 1.84. The Hall–Kier alpha value is -0.830. The van der Waals surface area contributed by atoms with E-state index in [2.05, 4.69) is 15.9 Å². The number of hydrogen-bond acceptors (Lipinski definition) is 1. The highest BCUT2D eigenvalue weighted by Crippen LogP contribution is 2.29. The second kappa shape index (κ2) is 2.59. The van der Waals surface area contributed by atoms with Gasteiger partial charge in [0.2, 0.25) is 0 Å². The Labute approximate surface area is 77.3 Å². The van der Waals surface area contributed by atoms with Gasteiger partial charge in [0.15, 0.2) is 4.67 Å². The number of hydrogen-bond donors (Lipinski definition) is 0. The van der Waals surface area contributed by atoms with Gasteiger partial charge in [-0.15, -0.1) is 0 Å². The predicted octanol–water partition coefficient (Wildman–Crippen LogP) is 3.64. The van der Waals surface area contributed by atoms with Crippen LogP contribution >= 0.6 is 15.9 Å². The van der Waals surface area contributed by atoms with Crippen LogP contribution in [0.1, 0.15) is 5.56 Å². The standard InChI is InChI=1S/C9H6BrFO/c1-5-7-3-2-6(11)4-8(7)12-9(5)10/h2-4H,1H3. The molecule has 1 aromatic carbocycles. The fourth-order valence-electron chi connectivity index (χ4n) is 1.17. The van der Waals surface area contributed by atoms with Gasteiger partial charge in [-0.2, -0.15) is 0 Å². The highest BCUT2D eigenvalue weighted by Gasteiger charge is 2.07. The molecule has 1 nitrogen and oxygen atoms in total. The zero-order valence-corrected chi connectivity index (χ0v) is 7.98. The molecule has 1 heterocycles. The van der Waals surface area contributed by atoms with Crippen molar-refractivity contribution in [3.05, 3.63) is 34.2 Å². The Balaban J connectivity index is 2.87. The van der Waals surface area contributed by atoms with E-state index in [1.165, 1.54) is 12.1 Å². The molecule has 0 spiro atoms. The molecule has 3 heteroatoms. The first-order chi connectivity index (χ1) is 5.68. The van der Waals surface area contributed by atoms with Crippen molar-refractivity contribution in [2.24, 2.45) is 0 Å². The molecule has 0 saturated heterocycles. The fourth-order valence-corrected chi connectivity index (χ4v) is 1.56. The van der Waals surface area contributed by atoms with Crippen molar-refractivity contribution < 1.29 is 8.81 Å². The second-order valence-corrected chi connectivity index (χ2v) is 3.36. The van der Waals surface area contributed by atoms with Crippen LogP contribution in [0.4, 0.5) is 4.39 Å². The van der Waals surface area contributed by atoms with E-state index in [-0.39, 0.29) is 5.82 Å². The van der Waals surface area contributed by atoms with Gasteiger partial charge in [-0.05, 0) is 35.0 Å². The Morgan fingerprint density at radius 2 is 2.17 bits per heavy atom. The van der Waals surface area contributed by atoms with Gasteiger partial charge in [0.05, 0.1) is 0 Å². The first kappa shape index (κ1) is 7.80. The largest absolute Gasteiger partial charge is 0.449 e. The summed E-state index contributed by atoms with van der Waals surface area (Å²) in [4.78, 5) is 0. The number of halogens is 2. The number of furan rings is 1. The zero-order chi connectivity index (χ0) is 8.72. The van der Waals surface area contributed by atoms with Crippen molar-refractivity contribution >= 4 is 26.9 Å². The predicted molar refractivity (Wildman–Crippen MR) is 48.6 cm³/mol. The van der Waals surface area contributed by atoms with Crippen LogP contribution in [-0.4, -0.2) is 0 Å². The van der Waals surface area contributed by atoms with E-state index in [9.17, 15) is 4.39 Å². The van der Waals surface area contributed by atoms with Gasteiger partial charge in [-0.1, -0.05) is 0 Å². The molecule has 0 saturated carbocycles. The average molecular weight is 229 g/mol. The number of rotatable bonds is 0. The summed E-state index contributed by atoms with van der Waals surface area (Å²) in [5, 5.41) is 0.947. The topological polar surface area (TPSA) is 13.1 Å². The minimum Gasteiger partial charge on any atom is -0.449 e. The normalized spacial score (nSPS) is 10.9. The Bertz CT molecular complexity index is 433. The molecule has 2 aromatic rings. The quantitative estimate of drug-likeness (QED) is 0.672. The molecule has 0 fully saturated rings. The van der Waals surface area contributed by atoms with E-state index in [0.29, 0.717) is 10.3 Å². The lowest BCUT2D eigenvalue weighted by Gasteiger charge is -1.88. The highest BCUT2D eigenvalue weighted by molar-refractivity contribution is 9.10. The van der Waals surface area contributed by atoms with E-state index < -0.39 is 0 Å². The number of benzene rings is 1. The molecular weight excluding hydrogens is 223 g/mol.